The number of carbonyl (C=O) groups excluding carboxylic acids is 4. The molecule has 7 nitrogen and oxygen atoms in total. The molecule has 4 amide bonds. The van der Waals surface area contributed by atoms with Gasteiger partial charge in [-0.3, -0.25) is 24.5 Å². The van der Waals surface area contributed by atoms with Gasteiger partial charge >= 0.3 is 5.92 Å². The Balaban J connectivity index is 1.46. The van der Waals surface area contributed by atoms with E-state index in [0.717, 1.165) is 6.07 Å². The number of hydrogen-bond donors (Lipinski definition) is 2. The van der Waals surface area contributed by atoms with Crippen molar-refractivity contribution in [2.45, 2.75) is 44.8 Å². The maximum Gasteiger partial charge on any atom is 0.351 e. The number of benzene rings is 1. The lowest BCUT2D eigenvalue weighted by molar-refractivity contribution is -0.147. The van der Waals surface area contributed by atoms with Crippen molar-refractivity contribution in [2.24, 2.45) is 0 Å². The largest absolute Gasteiger partial charge is 0.351 e. The van der Waals surface area contributed by atoms with Crippen molar-refractivity contribution >= 4 is 46.6 Å². The number of alkyl halides is 2. The molecule has 0 aliphatic carbocycles. The van der Waals surface area contributed by atoms with Gasteiger partial charge in [-0.25, -0.2) is 0 Å². The van der Waals surface area contributed by atoms with Crippen molar-refractivity contribution in [2.75, 3.05) is 0 Å². The van der Waals surface area contributed by atoms with Gasteiger partial charge in [-0.05, 0) is 30.5 Å². The van der Waals surface area contributed by atoms with Crippen LogP contribution < -0.4 is 10.6 Å². The van der Waals surface area contributed by atoms with Crippen LogP contribution in [0.15, 0.2) is 23.6 Å². The first kappa shape index (κ1) is 22.3. The molecule has 168 valence electrons. The quantitative estimate of drug-likeness (QED) is 0.642. The molecule has 11 heteroatoms. The zero-order chi connectivity index (χ0) is 23.2. The summed E-state index contributed by atoms with van der Waals surface area (Å²) in [5, 5.41) is 5.83. The first-order chi connectivity index (χ1) is 15.1. The van der Waals surface area contributed by atoms with Crippen LogP contribution in [0.25, 0.3) is 0 Å². The Bertz CT molecular complexity index is 1150. The van der Waals surface area contributed by atoms with Gasteiger partial charge in [-0.15, -0.1) is 11.3 Å². The van der Waals surface area contributed by atoms with Crippen LogP contribution in [0, 0.1) is 6.92 Å². The highest BCUT2D eigenvalue weighted by atomic mass is 35.5. The molecule has 1 aromatic heterocycles. The monoisotopic (exact) mass is 481 g/mol. The van der Waals surface area contributed by atoms with Gasteiger partial charge in [0.2, 0.25) is 11.8 Å². The van der Waals surface area contributed by atoms with Gasteiger partial charge < -0.3 is 10.2 Å². The number of halogens is 3. The van der Waals surface area contributed by atoms with Crippen molar-refractivity contribution in [3.63, 3.8) is 0 Å². The molecule has 1 atom stereocenters. The molecule has 4 rings (SSSR count). The van der Waals surface area contributed by atoms with Crippen LogP contribution in [-0.2, 0) is 33.4 Å². The number of rotatable bonds is 5. The number of thiophene rings is 1. The molecule has 3 heterocycles. The van der Waals surface area contributed by atoms with Crippen LogP contribution in [0.3, 0.4) is 0 Å². The van der Waals surface area contributed by atoms with Crippen molar-refractivity contribution < 1.29 is 28.0 Å². The normalized spacial score (nSPS) is 18.6. The maximum atomic E-state index is 14.7. The standard InChI is InChI=1S/C21H18ClF2N3O4S/c1-10-2-3-13(14(22)6-10)21(23,24)20(31)25-7-16-11-8-27(19(30)12(11)9-32-16)15-4-5-17(28)26-18(15)29/h2-3,6,9,15H,4-5,7-8H2,1H3,(H,25,31)(H,26,28,29). The molecule has 2 aliphatic rings. The van der Waals surface area contributed by atoms with Gasteiger partial charge in [0, 0.05) is 28.8 Å². The minimum atomic E-state index is -3.83. The summed E-state index contributed by atoms with van der Waals surface area (Å²) in [6.07, 6.45) is 0.353. The van der Waals surface area contributed by atoms with Crippen LogP contribution in [0.4, 0.5) is 8.78 Å². The zero-order valence-corrected chi connectivity index (χ0v) is 18.4. The van der Waals surface area contributed by atoms with E-state index in [4.69, 9.17) is 11.6 Å². The highest BCUT2D eigenvalue weighted by molar-refractivity contribution is 7.10. The number of hydrogen-bond acceptors (Lipinski definition) is 5. The lowest BCUT2D eigenvalue weighted by Gasteiger charge is -2.29. The molecule has 2 aromatic rings. The summed E-state index contributed by atoms with van der Waals surface area (Å²) < 4.78 is 29.3. The fourth-order valence-corrected chi connectivity index (χ4v) is 5.15. The van der Waals surface area contributed by atoms with E-state index in [1.165, 1.54) is 28.4 Å². The number of amides is 4. The molecule has 1 fully saturated rings. The first-order valence-electron chi connectivity index (χ1n) is 9.76. The first-order valence-corrected chi connectivity index (χ1v) is 11.0. The van der Waals surface area contributed by atoms with Gasteiger partial charge in [0.1, 0.15) is 6.04 Å². The van der Waals surface area contributed by atoms with E-state index in [2.05, 4.69) is 10.6 Å². The average molecular weight is 482 g/mol. The highest BCUT2D eigenvalue weighted by Gasteiger charge is 2.43. The molecule has 0 bridgehead atoms. The highest BCUT2D eigenvalue weighted by Crippen LogP contribution is 2.36. The topological polar surface area (TPSA) is 95.6 Å². The van der Waals surface area contributed by atoms with Crippen molar-refractivity contribution in [1.82, 2.24) is 15.5 Å². The fourth-order valence-electron chi connectivity index (χ4n) is 3.82. The molecule has 0 spiro atoms. The number of nitrogens with one attached hydrogen (secondary N) is 2. The lowest BCUT2D eigenvalue weighted by atomic mass is 10.0. The van der Waals surface area contributed by atoms with E-state index in [0.29, 0.717) is 21.6 Å². The molecule has 1 aromatic carbocycles. The second kappa shape index (κ2) is 8.25. The lowest BCUT2D eigenvalue weighted by Crippen LogP contribution is -2.52. The van der Waals surface area contributed by atoms with E-state index in [-0.39, 0.29) is 42.8 Å². The Labute approximate surface area is 190 Å². The number of nitrogens with zero attached hydrogens (tertiary/aromatic N) is 1. The van der Waals surface area contributed by atoms with Gasteiger partial charge in [-0.1, -0.05) is 23.7 Å². The van der Waals surface area contributed by atoms with Crippen molar-refractivity contribution in [1.29, 1.82) is 0 Å². The average Bonchev–Trinajstić information content (AvgIpc) is 3.26. The van der Waals surface area contributed by atoms with E-state index in [1.807, 2.05) is 0 Å². The van der Waals surface area contributed by atoms with E-state index >= 15 is 0 Å². The minimum Gasteiger partial charge on any atom is -0.346 e. The summed E-state index contributed by atoms with van der Waals surface area (Å²) in [5.41, 5.74) is 1.06. The predicted octanol–water partition coefficient (Wildman–Crippen LogP) is 2.88. The number of imide groups is 1. The Morgan fingerprint density at radius 1 is 1.34 bits per heavy atom. The van der Waals surface area contributed by atoms with Crippen LogP contribution in [0.1, 0.15) is 44.8 Å². The predicted molar refractivity (Wildman–Crippen MR) is 112 cm³/mol. The SMILES string of the molecule is Cc1ccc(C(F)(F)C(=O)NCc2scc3c2CN(C2CCC(=O)NC2=O)C3=O)c(Cl)c1. The summed E-state index contributed by atoms with van der Waals surface area (Å²) in [5.74, 6) is -6.62. The van der Waals surface area contributed by atoms with E-state index in [1.54, 1.807) is 12.3 Å². The van der Waals surface area contributed by atoms with Gasteiger partial charge in [-0.2, -0.15) is 8.78 Å². The second-order valence-electron chi connectivity index (χ2n) is 7.69. The van der Waals surface area contributed by atoms with Crippen LogP contribution >= 0.6 is 22.9 Å². The molecule has 32 heavy (non-hydrogen) atoms. The van der Waals surface area contributed by atoms with Crippen molar-refractivity contribution in [3.05, 3.63) is 55.7 Å². The minimum absolute atomic E-state index is 0.106. The maximum absolute atomic E-state index is 14.7. The van der Waals surface area contributed by atoms with Crippen LogP contribution in [-0.4, -0.2) is 34.6 Å². The van der Waals surface area contributed by atoms with E-state index in [9.17, 15) is 28.0 Å². The molecule has 2 N–H and O–H groups in total. The zero-order valence-electron chi connectivity index (χ0n) is 16.8. The third-order valence-corrected chi connectivity index (χ3v) is 6.89. The molecule has 0 saturated carbocycles. The summed E-state index contributed by atoms with van der Waals surface area (Å²) in [6.45, 7) is 1.61. The summed E-state index contributed by atoms with van der Waals surface area (Å²) in [4.78, 5) is 50.4. The molecule has 0 radical (unpaired) electrons. The van der Waals surface area contributed by atoms with Crippen LogP contribution in [0.2, 0.25) is 5.02 Å². The summed E-state index contributed by atoms with van der Waals surface area (Å²) in [6, 6.07) is 3.16. The van der Waals surface area contributed by atoms with Gasteiger partial charge in [0.15, 0.2) is 0 Å². The molecule has 1 saturated heterocycles. The molecular formula is C21H18ClF2N3O4S. The fraction of sp³-hybridized carbons (Fsp3) is 0.333. The second-order valence-corrected chi connectivity index (χ2v) is 9.06. The Morgan fingerprint density at radius 3 is 2.78 bits per heavy atom. The third-order valence-electron chi connectivity index (χ3n) is 5.54. The number of fused-ring (bicyclic) bond motifs is 1. The summed E-state index contributed by atoms with van der Waals surface area (Å²) in [7, 11) is 0. The Hall–Kier alpha value is -2.85. The van der Waals surface area contributed by atoms with Crippen LogP contribution in [0.5, 0.6) is 0 Å². The van der Waals surface area contributed by atoms with Gasteiger partial charge in [0.25, 0.3) is 11.8 Å². The number of carbonyl (C=O) groups is 4. The molecule has 2 aliphatic heterocycles. The Kier molecular flexibility index (Phi) is 5.76. The van der Waals surface area contributed by atoms with E-state index < -0.39 is 29.3 Å². The smallest absolute Gasteiger partial charge is 0.346 e. The number of aryl methyl sites for hydroxylation is 1. The molecule has 1 unspecified atom stereocenters. The Morgan fingerprint density at radius 2 is 2.09 bits per heavy atom. The third kappa shape index (κ3) is 3.88. The van der Waals surface area contributed by atoms with Gasteiger partial charge in [0.05, 0.1) is 17.1 Å². The number of piperidine rings is 1. The van der Waals surface area contributed by atoms with Crippen molar-refractivity contribution in [3.8, 4) is 0 Å². The molecular weight excluding hydrogens is 464 g/mol. The summed E-state index contributed by atoms with van der Waals surface area (Å²) >= 11 is 7.08.